The maximum atomic E-state index is 12.6. The summed E-state index contributed by atoms with van der Waals surface area (Å²) in [6.07, 6.45) is 7.90. The average Bonchev–Trinajstić information content (AvgIpc) is 2.94. The van der Waals surface area contributed by atoms with Crippen molar-refractivity contribution < 1.29 is 14.3 Å². The van der Waals surface area contributed by atoms with Crippen molar-refractivity contribution in [2.75, 3.05) is 4.43 Å². The van der Waals surface area contributed by atoms with Crippen molar-refractivity contribution in [1.82, 2.24) is 0 Å². The summed E-state index contributed by atoms with van der Waals surface area (Å²) in [6, 6.07) is 0. The molecule has 2 aliphatic carbocycles. The van der Waals surface area contributed by atoms with Gasteiger partial charge in [0.25, 0.3) is 0 Å². The second-order valence-electron chi connectivity index (χ2n) is 7.94. The van der Waals surface area contributed by atoms with Crippen LogP contribution in [0.3, 0.4) is 0 Å². The summed E-state index contributed by atoms with van der Waals surface area (Å²) in [5, 5.41) is 0. The van der Waals surface area contributed by atoms with Gasteiger partial charge >= 0.3 is 5.97 Å². The van der Waals surface area contributed by atoms with E-state index in [2.05, 4.69) is 68.5 Å². The van der Waals surface area contributed by atoms with Crippen LogP contribution >= 0.6 is 22.6 Å². The highest BCUT2D eigenvalue weighted by atomic mass is 127. The lowest BCUT2D eigenvalue weighted by atomic mass is 10.1. The minimum Gasteiger partial charge on any atom is -0.457 e. The van der Waals surface area contributed by atoms with E-state index < -0.39 is 0 Å². The van der Waals surface area contributed by atoms with Crippen molar-refractivity contribution in [1.29, 1.82) is 0 Å². The average molecular weight is 456 g/mol. The largest absolute Gasteiger partial charge is 0.457 e. The van der Waals surface area contributed by atoms with E-state index in [1.807, 2.05) is 6.92 Å². The number of carbonyl (C=O) groups is 2. The molecule has 0 spiro atoms. The van der Waals surface area contributed by atoms with Crippen LogP contribution in [0.2, 0.25) is 0 Å². The van der Waals surface area contributed by atoms with E-state index >= 15 is 0 Å². The van der Waals surface area contributed by atoms with Crippen LogP contribution in [0.4, 0.5) is 0 Å². The predicted octanol–water partition coefficient (Wildman–Crippen LogP) is 5.20. The van der Waals surface area contributed by atoms with Crippen molar-refractivity contribution in [3.05, 3.63) is 34.9 Å². The van der Waals surface area contributed by atoms with Crippen molar-refractivity contribution in [3.8, 4) is 0 Å². The summed E-state index contributed by atoms with van der Waals surface area (Å²) in [5.41, 5.74) is 2.91. The Bertz CT molecular complexity index is 636. The predicted molar refractivity (Wildman–Crippen MR) is 110 cm³/mol. The normalized spacial score (nSPS) is 27.8. The molecule has 2 aliphatic rings. The van der Waals surface area contributed by atoms with Crippen molar-refractivity contribution in [3.63, 3.8) is 0 Å². The van der Waals surface area contributed by atoms with Gasteiger partial charge in [-0.1, -0.05) is 60.2 Å². The first-order valence-corrected chi connectivity index (χ1v) is 10.5. The molecule has 0 N–H and O–H groups in total. The molecule has 0 saturated heterocycles. The molecule has 0 unspecified atom stereocenters. The van der Waals surface area contributed by atoms with Gasteiger partial charge in [0.05, 0.1) is 12.3 Å². The van der Waals surface area contributed by atoms with Crippen molar-refractivity contribution >= 4 is 34.3 Å². The lowest BCUT2D eigenvalue weighted by Crippen LogP contribution is -2.20. The zero-order chi connectivity index (χ0) is 18.8. The molecule has 0 radical (unpaired) electrons. The first-order chi connectivity index (χ1) is 11.7. The molecule has 0 aromatic heterocycles. The number of hydrogen-bond acceptors (Lipinski definition) is 3. The minimum atomic E-state index is -0.378. The van der Waals surface area contributed by atoms with Crippen molar-refractivity contribution in [2.24, 2.45) is 17.3 Å². The van der Waals surface area contributed by atoms with Gasteiger partial charge in [0, 0.05) is 10.0 Å². The van der Waals surface area contributed by atoms with Crippen LogP contribution in [0, 0.1) is 17.3 Å². The summed E-state index contributed by atoms with van der Waals surface area (Å²) >= 11 is 2.33. The number of alkyl halides is 1. The Kier molecular flexibility index (Phi) is 6.68. The highest BCUT2D eigenvalue weighted by Gasteiger charge is 2.61. The lowest BCUT2D eigenvalue weighted by molar-refractivity contribution is -0.150. The van der Waals surface area contributed by atoms with Crippen LogP contribution in [0.15, 0.2) is 34.9 Å². The fourth-order valence-corrected chi connectivity index (χ4v) is 4.02. The monoisotopic (exact) mass is 456 g/mol. The molecule has 138 valence electrons. The summed E-state index contributed by atoms with van der Waals surface area (Å²) in [6.45, 7) is 10.2. The Hall–Kier alpha value is -0.910. The van der Waals surface area contributed by atoms with E-state index in [0.29, 0.717) is 12.8 Å². The molecule has 1 fully saturated rings. The smallest absolute Gasteiger partial charge is 0.310 e. The van der Waals surface area contributed by atoms with Crippen molar-refractivity contribution in [2.45, 2.75) is 60.0 Å². The lowest BCUT2D eigenvalue weighted by Gasteiger charge is -2.13. The maximum absolute atomic E-state index is 12.6. The van der Waals surface area contributed by atoms with Gasteiger partial charge in [0.2, 0.25) is 0 Å². The van der Waals surface area contributed by atoms with Gasteiger partial charge in [-0.15, -0.1) is 0 Å². The fraction of sp³-hybridized carbons (Fsp3) is 0.619. The summed E-state index contributed by atoms with van der Waals surface area (Å²) in [4.78, 5) is 24.9. The number of hydrogen-bond donors (Lipinski definition) is 0. The fourth-order valence-electron chi connectivity index (χ4n) is 3.66. The van der Waals surface area contributed by atoms with Crippen LogP contribution in [0.5, 0.6) is 0 Å². The van der Waals surface area contributed by atoms with Crippen LogP contribution < -0.4 is 0 Å². The van der Waals surface area contributed by atoms with Crippen LogP contribution in [-0.2, 0) is 14.3 Å². The topological polar surface area (TPSA) is 43.4 Å². The molecular weight excluding hydrogens is 427 g/mol. The molecule has 0 aromatic rings. The second kappa shape index (κ2) is 8.19. The number of Topliss-reactive ketones (excluding diaryl/α,β-unsaturated/α-hetero) is 1. The first-order valence-electron chi connectivity index (χ1n) is 8.99. The van der Waals surface area contributed by atoms with Crippen LogP contribution in [-0.4, -0.2) is 22.3 Å². The maximum Gasteiger partial charge on any atom is 0.310 e. The third-order valence-corrected chi connectivity index (χ3v) is 5.99. The van der Waals surface area contributed by atoms with Gasteiger partial charge in [0.15, 0.2) is 5.78 Å². The highest BCUT2D eigenvalue weighted by Crippen LogP contribution is 2.60. The third-order valence-electron chi connectivity index (χ3n) is 5.37. The molecule has 4 heteroatoms. The number of carbonyl (C=O) groups excluding carboxylic acids is 2. The minimum absolute atomic E-state index is 0.0560. The van der Waals surface area contributed by atoms with E-state index in [0.717, 1.165) is 22.0 Å². The Morgan fingerprint density at radius 1 is 1.32 bits per heavy atom. The Morgan fingerprint density at radius 3 is 2.60 bits per heavy atom. The molecule has 0 aromatic carbocycles. The van der Waals surface area contributed by atoms with Crippen LogP contribution in [0.1, 0.15) is 53.9 Å². The quantitative estimate of drug-likeness (QED) is 0.229. The molecule has 0 aliphatic heterocycles. The van der Waals surface area contributed by atoms with Gasteiger partial charge in [-0.25, -0.2) is 0 Å². The van der Waals surface area contributed by atoms with Gasteiger partial charge in [0.1, 0.15) is 6.10 Å². The van der Waals surface area contributed by atoms with Gasteiger partial charge < -0.3 is 4.74 Å². The molecule has 2 rings (SSSR count). The Balaban J connectivity index is 2.01. The second-order valence-corrected chi connectivity index (χ2v) is 9.02. The van der Waals surface area contributed by atoms with E-state index in [4.69, 9.17) is 4.74 Å². The molecule has 1 saturated carbocycles. The van der Waals surface area contributed by atoms with Gasteiger partial charge in [-0.3, -0.25) is 9.59 Å². The number of ether oxygens (including phenoxy) is 1. The van der Waals surface area contributed by atoms with Gasteiger partial charge in [-0.2, -0.15) is 0 Å². The van der Waals surface area contributed by atoms with E-state index in [-0.39, 0.29) is 35.1 Å². The molecule has 3 atom stereocenters. The SMILES string of the molecule is CC(C)=C[C@@H]1[C@@H](C(=O)O[C@H]2CC(=O)C(C/C=C\CCI)=C2C)C1(C)C. The molecule has 0 amide bonds. The van der Waals surface area contributed by atoms with Crippen LogP contribution in [0.25, 0.3) is 0 Å². The summed E-state index contributed by atoms with van der Waals surface area (Å²) in [5.74, 6) is 0.0941. The molecule has 0 bridgehead atoms. The Morgan fingerprint density at radius 2 is 2.00 bits per heavy atom. The molecular formula is C21H29IO3. The molecule has 0 heterocycles. The number of rotatable bonds is 7. The molecule has 25 heavy (non-hydrogen) atoms. The Labute approximate surface area is 165 Å². The zero-order valence-corrected chi connectivity index (χ0v) is 18.1. The summed E-state index contributed by atoms with van der Waals surface area (Å²) in [7, 11) is 0. The standard InChI is InChI=1S/C21H29IO3/c1-13(2)11-16-19(21(16,4)5)20(24)25-18-12-17(23)15(14(18)3)9-7-6-8-10-22/h6-7,11,16,18-19H,8-10,12H2,1-5H3/b7-6-/t16-,18+,19+/m1/s1. The summed E-state index contributed by atoms with van der Waals surface area (Å²) < 4.78 is 6.82. The number of esters is 1. The highest BCUT2D eigenvalue weighted by molar-refractivity contribution is 14.1. The van der Waals surface area contributed by atoms with E-state index in [1.165, 1.54) is 5.57 Å². The number of halogens is 1. The number of allylic oxidation sites excluding steroid dienone is 5. The molecule has 3 nitrogen and oxygen atoms in total. The zero-order valence-electron chi connectivity index (χ0n) is 15.9. The number of ketones is 1. The van der Waals surface area contributed by atoms with E-state index in [9.17, 15) is 9.59 Å². The van der Waals surface area contributed by atoms with Gasteiger partial charge in [-0.05, 0) is 50.5 Å². The first kappa shape index (κ1) is 20.4. The third kappa shape index (κ3) is 4.63. The van der Waals surface area contributed by atoms with E-state index in [1.54, 1.807) is 0 Å².